The summed E-state index contributed by atoms with van der Waals surface area (Å²) in [6.07, 6.45) is 5.76. The zero-order chi connectivity index (χ0) is 22.0. The fraction of sp³-hybridized carbons (Fsp3) is 0.435. The molecule has 166 valence electrons. The second-order valence-corrected chi connectivity index (χ2v) is 10.4. The maximum absolute atomic E-state index is 13.1. The van der Waals surface area contributed by atoms with E-state index in [9.17, 15) is 13.2 Å². The Morgan fingerprint density at radius 3 is 2.35 bits per heavy atom. The SMILES string of the molecule is COc1ccc(C(=O)NC(c2ccc(Cl)cc2)C2CC2)cc1S(=O)(=O)NC1CCCC1. The molecule has 2 N–H and O–H groups in total. The van der Waals surface area contributed by atoms with Crippen molar-refractivity contribution < 1.29 is 17.9 Å². The molecule has 0 heterocycles. The third kappa shape index (κ3) is 5.22. The molecule has 0 bridgehead atoms. The van der Waals surface area contributed by atoms with Crippen LogP contribution in [0.25, 0.3) is 0 Å². The summed E-state index contributed by atoms with van der Waals surface area (Å²) in [5, 5.41) is 3.73. The molecule has 2 aromatic rings. The van der Waals surface area contributed by atoms with Crippen LogP contribution < -0.4 is 14.8 Å². The number of amides is 1. The molecule has 0 aliphatic heterocycles. The lowest BCUT2D eigenvalue weighted by Gasteiger charge is -2.20. The molecule has 31 heavy (non-hydrogen) atoms. The van der Waals surface area contributed by atoms with E-state index in [0.29, 0.717) is 10.9 Å². The lowest BCUT2D eigenvalue weighted by molar-refractivity contribution is 0.0931. The Kier molecular flexibility index (Phi) is 6.55. The molecular weight excluding hydrogens is 436 g/mol. The summed E-state index contributed by atoms with van der Waals surface area (Å²) in [7, 11) is -2.38. The number of methoxy groups -OCH3 is 1. The summed E-state index contributed by atoms with van der Waals surface area (Å²) in [5.41, 5.74) is 1.27. The van der Waals surface area contributed by atoms with Crippen LogP contribution in [0.4, 0.5) is 0 Å². The number of benzene rings is 2. The summed E-state index contributed by atoms with van der Waals surface area (Å²) < 4.78 is 34.0. The predicted octanol–water partition coefficient (Wildman–Crippen LogP) is 4.45. The van der Waals surface area contributed by atoms with Gasteiger partial charge in [0.05, 0.1) is 13.2 Å². The van der Waals surface area contributed by atoms with Gasteiger partial charge in [0.15, 0.2) is 0 Å². The van der Waals surface area contributed by atoms with Gasteiger partial charge >= 0.3 is 0 Å². The lowest BCUT2D eigenvalue weighted by Crippen LogP contribution is -2.33. The van der Waals surface area contributed by atoms with E-state index in [1.807, 2.05) is 24.3 Å². The number of hydrogen-bond acceptors (Lipinski definition) is 4. The largest absolute Gasteiger partial charge is 0.495 e. The maximum Gasteiger partial charge on any atom is 0.251 e. The third-order valence-corrected chi connectivity index (χ3v) is 7.80. The summed E-state index contributed by atoms with van der Waals surface area (Å²) in [6.45, 7) is 0. The molecular formula is C23H27ClN2O4S. The van der Waals surface area contributed by atoms with Crippen LogP contribution in [-0.4, -0.2) is 27.5 Å². The zero-order valence-electron chi connectivity index (χ0n) is 17.4. The molecule has 2 saturated carbocycles. The van der Waals surface area contributed by atoms with E-state index in [1.54, 1.807) is 6.07 Å². The molecule has 8 heteroatoms. The van der Waals surface area contributed by atoms with Gasteiger partial charge in [-0.05, 0) is 67.5 Å². The minimum atomic E-state index is -3.80. The van der Waals surface area contributed by atoms with E-state index in [0.717, 1.165) is 44.1 Å². The number of hydrogen-bond donors (Lipinski definition) is 2. The van der Waals surface area contributed by atoms with Crippen molar-refractivity contribution in [1.29, 1.82) is 0 Å². The number of sulfonamides is 1. The molecule has 0 aromatic heterocycles. The Labute approximate surface area is 188 Å². The highest BCUT2D eigenvalue weighted by Gasteiger charge is 2.34. The molecule has 0 spiro atoms. The normalized spacial score (nSPS) is 18.0. The Balaban J connectivity index is 1.57. The van der Waals surface area contributed by atoms with Gasteiger partial charge in [-0.15, -0.1) is 0 Å². The monoisotopic (exact) mass is 462 g/mol. The molecule has 1 atom stereocenters. The topological polar surface area (TPSA) is 84.5 Å². The highest BCUT2D eigenvalue weighted by atomic mass is 35.5. The van der Waals surface area contributed by atoms with Crippen LogP contribution >= 0.6 is 11.6 Å². The fourth-order valence-corrected chi connectivity index (χ4v) is 5.78. The Morgan fingerprint density at radius 1 is 1.06 bits per heavy atom. The van der Waals surface area contributed by atoms with E-state index in [-0.39, 0.29) is 34.2 Å². The van der Waals surface area contributed by atoms with E-state index in [1.165, 1.54) is 19.2 Å². The first-order valence-corrected chi connectivity index (χ1v) is 12.5. The first-order chi connectivity index (χ1) is 14.9. The predicted molar refractivity (Wildman–Crippen MR) is 120 cm³/mol. The maximum atomic E-state index is 13.1. The van der Waals surface area contributed by atoms with Crippen molar-refractivity contribution in [1.82, 2.24) is 10.0 Å². The number of nitrogens with one attached hydrogen (secondary N) is 2. The smallest absolute Gasteiger partial charge is 0.251 e. The first-order valence-electron chi connectivity index (χ1n) is 10.6. The van der Waals surface area contributed by atoms with E-state index in [4.69, 9.17) is 16.3 Å². The van der Waals surface area contributed by atoms with Crippen molar-refractivity contribution in [2.45, 2.75) is 55.5 Å². The average molecular weight is 463 g/mol. The van der Waals surface area contributed by atoms with E-state index in [2.05, 4.69) is 10.0 Å². The molecule has 2 aliphatic rings. The van der Waals surface area contributed by atoms with Gasteiger partial charge in [-0.25, -0.2) is 13.1 Å². The molecule has 2 aromatic carbocycles. The van der Waals surface area contributed by atoms with Gasteiger partial charge in [0, 0.05) is 16.6 Å². The van der Waals surface area contributed by atoms with Gasteiger partial charge in [-0.2, -0.15) is 0 Å². The second-order valence-electron chi connectivity index (χ2n) is 8.31. The van der Waals surface area contributed by atoms with Crippen LogP contribution in [0.3, 0.4) is 0 Å². The molecule has 2 fully saturated rings. The molecule has 0 radical (unpaired) electrons. The van der Waals surface area contributed by atoms with Crippen LogP contribution in [0.15, 0.2) is 47.4 Å². The molecule has 1 unspecified atom stereocenters. The van der Waals surface area contributed by atoms with Crippen LogP contribution in [0, 0.1) is 5.92 Å². The summed E-state index contributed by atoms with van der Waals surface area (Å²) in [4.78, 5) is 13.0. The Bertz CT molecular complexity index is 1050. The van der Waals surface area contributed by atoms with Crippen LogP contribution in [0.1, 0.15) is 60.5 Å². The van der Waals surface area contributed by atoms with Crippen molar-refractivity contribution in [3.63, 3.8) is 0 Å². The molecule has 4 rings (SSSR count). The molecule has 6 nitrogen and oxygen atoms in total. The van der Waals surface area contributed by atoms with Gasteiger partial charge in [-0.3, -0.25) is 4.79 Å². The van der Waals surface area contributed by atoms with Gasteiger partial charge in [0.25, 0.3) is 5.91 Å². The second kappa shape index (κ2) is 9.18. The van der Waals surface area contributed by atoms with Crippen molar-refractivity contribution in [2.75, 3.05) is 7.11 Å². The third-order valence-electron chi connectivity index (χ3n) is 6.00. The van der Waals surface area contributed by atoms with Gasteiger partial charge in [-0.1, -0.05) is 36.6 Å². The van der Waals surface area contributed by atoms with Gasteiger partial charge < -0.3 is 10.1 Å². The minimum Gasteiger partial charge on any atom is -0.495 e. The number of carbonyl (C=O) groups excluding carboxylic acids is 1. The standard InChI is InChI=1S/C23H27ClN2O4S/c1-30-20-13-10-17(14-21(20)31(28,29)26-19-4-2-3-5-19)23(27)25-22(15-6-7-15)16-8-11-18(24)12-9-16/h8-15,19,22,26H,2-7H2,1H3,(H,25,27). The highest BCUT2D eigenvalue weighted by molar-refractivity contribution is 7.89. The molecule has 1 amide bonds. The van der Waals surface area contributed by atoms with Crippen molar-refractivity contribution in [2.24, 2.45) is 5.92 Å². The van der Waals surface area contributed by atoms with Crippen LogP contribution in [0.2, 0.25) is 5.02 Å². The Hall–Kier alpha value is -2.09. The lowest BCUT2D eigenvalue weighted by atomic mass is 10.0. The van der Waals surface area contributed by atoms with Crippen LogP contribution in [-0.2, 0) is 10.0 Å². The quantitative estimate of drug-likeness (QED) is 0.607. The minimum absolute atomic E-state index is 0.0102. The zero-order valence-corrected chi connectivity index (χ0v) is 19.0. The number of halogens is 1. The number of ether oxygens (including phenoxy) is 1. The van der Waals surface area contributed by atoms with Gasteiger partial charge in [0.1, 0.15) is 10.6 Å². The van der Waals surface area contributed by atoms with Crippen molar-refractivity contribution >= 4 is 27.5 Å². The van der Waals surface area contributed by atoms with Crippen molar-refractivity contribution in [3.05, 3.63) is 58.6 Å². The Morgan fingerprint density at radius 2 is 1.74 bits per heavy atom. The number of rotatable bonds is 8. The van der Waals surface area contributed by atoms with Crippen molar-refractivity contribution in [3.8, 4) is 5.75 Å². The average Bonchev–Trinajstić information content (AvgIpc) is 3.48. The summed E-state index contributed by atoms with van der Waals surface area (Å²) in [5.74, 6) is 0.279. The van der Waals surface area contributed by atoms with Gasteiger partial charge in [0.2, 0.25) is 10.0 Å². The molecule has 2 aliphatic carbocycles. The number of carbonyl (C=O) groups is 1. The van der Waals surface area contributed by atoms with Crippen LogP contribution in [0.5, 0.6) is 5.75 Å². The van der Waals surface area contributed by atoms with E-state index >= 15 is 0 Å². The summed E-state index contributed by atoms with van der Waals surface area (Å²) >= 11 is 6.00. The fourth-order valence-electron chi connectivity index (χ4n) is 4.15. The highest BCUT2D eigenvalue weighted by Crippen LogP contribution is 2.41. The molecule has 0 saturated heterocycles. The van der Waals surface area contributed by atoms with E-state index < -0.39 is 10.0 Å². The summed E-state index contributed by atoms with van der Waals surface area (Å²) in [6, 6.07) is 11.8. The first kappa shape index (κ1) is 22.1.